The van der Waals surface area contributed by atoms with Crippen molar-refractivity contribution in [3.05, 3.63) is 29.4 Å². The topological polar surface area (TPSA) is 67.1 Å². The van der Waals surface area contributed by atoms with Gasteiger partial charge in [0.25, 0.3) is 0 Å². The van der Waals surface area contributed by atoms with Crippen molar-refractivity contribution in [3.8, 4) is 0 Å². The highest BCUT2D eigenvalue weighted by Gasteiger charge is 2.06. The molecule has 17 heavy (non-hydrogen) atoms. The largest absolute Gasteiger partial charge is 0.467 e. The smallest absolute Gasteiger partial charge is 0.230 e. The third-order valence-electron chi connectivity index (χ3n) is 2.00. The minimum atomic E-state index is 0.158. The molecule has 0 bridgehead atoms. The van der Waals surface area contributed by atoms with Crippen molar-refractivity contribution in [1.82, 2.24) is 15.0 Å². The molecule has 2 aromatic heterocycles. The average Bonchev–Trinajstić information content (AvgIpc) is 2.78. The standard InChI is InChI=1S/C10H12ClN5O/c1-16(2)10-14-8(11)13-9(15-10)12-6-7-4-3-5-17-7/h3-5H,6H2,1-2H3,(H,12,13,14,15). The molecule has 0 aliphatic carbocycles. The van der Waals surface area contributed by atoms with E-state index in [-0.39, 0.29) is 5.28 Å². The van der Waals surface area contributed by atoms with Crippen molar-refractivity contribution in [2.75, 3.05) is 24.3 Å². The Morgan fingerprint density at radius 2 is 2.18 bits per heavy atom. The SMILES string of the molecule is CN(C)c1nc(Cl)nc(NCc2ccco2)n1. The maximum Gasteiger partial charge on any atom is 0.230 e. The fourth-order valence-corrected chi connectivity index (χ4v) is 1.35. The number of nitrogens with one attached hydrogen (secondary N) is 1. The fraction of sp³-hybridized carbons (Fsp3) is 0.300. The molecule has 0 aromatic carbocycles. The molecule has 1 N–H and O–H groups in total. The monoisotopic (exact) mass is 253 g/mol. The Morgan fingerprint density at radius 3 is 2.82 bits per heavy atom. The van der Waals surface area contributed by atoms with Crippen LogP contribution >= 0.6 is 11.6 Å². The van der Waals surface area contributed by atoms with E-state index >= 15 is 0 Å². The molecule has 0 spiro atoms. The number of aromatic nitrogens is 3. The van der Waals surface area contributed by atoms with Gasteiger partial charge in [-0.15, -0.1) is 0 Å². The second-order valence-corrected chi connectivity index (χ2v) is 3.89. The van der Waals surface area contributed by atoms with Gasteiger partial charge in [-0.2, -0.15) is 15.0 Å². The van der Waals surface area contributed by atoms with Gasteiger partial charge in [0.1, 0.15) is 5.76 Å². The van der Waals surface area contributed by atoms with Crippen LogP contribution in [0.25, 0.3) is 0 Å². The molecule has 0 aliphatic heterocycles. The fourth-order valence-electron chi connectivity index (χ4n) is 1.20. The van der Waals surface area contributed by atoms with Gasteiger partial charge in [-0.05, 0) is 23.7 Å². The van der Waals surface area contributed by atoms with E-state index < -0.39 is 0 Å². The normalized spacial score (nSPS) is 10.3. The molecule has 0 atom stereocenters. The number of hydrogen-bond acceptors (Lipinski definition) is 6. The summed E-state index contributed by atoms with van der Waals surface area (Å²) in [6.07, 6.45) is 1.61. The molecule has 0 unspecified atom stereocenters. The van der Waals surface area contributed by atoms with Gasteiger partial charge >= 0.3 is 0 Å². The summed E-state index contributed by atoms with van der Waals surface area (Å²) in [5.74, 6) is 1.73. The number of hydrogen-bond donors (Lipinski definition) is 1. The van der Waals surface area contributed by atoms with Crippen molar-refractivity contribution >= 4 is 23.5 Å². The van der Waals surface area contributed by atoms with Gasteiger partial charge in [0.2, 0.25) is 17.2 Å². The van der Waals surface area contributed by atoms with Gasteiger partial charge in [-0.25, -0.2) is 0 Å². The molecule has 2 heterocycles. The zero-order chi connectivity index (χ0) is 12.3. The molecule has 90 valence electrons. The number of rotatable bonds is 4. The van der Waals surface area contributed by atoms with Crippen LogP contribution in [0, 0.1) is 0 Å². The van der Waals surface area contributed by atoms with Crippen LogP contribution < -0.4 is 10.2 Å². The Hall–Kier alpha value is -1.82. The van der Waals surface area contributed by atoms with E-state index in [1.165, 1.54) is 0 Å². The minimum absolute atomic E-state index is 0.158. The van der Waals surface area contributed by atoms with Crippen molar-refractivity contribution in [2.24, 2.45) is 0 Å². The van der Waals surface area contributed by atoms with Crippen molar-refractivity contribution in [2.45, 2.75) is 6.54 Å². The third-order valence-corrected chi connectivity index (χ3v) is 2.17. The lowest BCUT2D eigenvalue weighted by Crippen LogP contribution is -2.15. The Bertz CT molecular complexity index is 485. The number of halogens is 1. The second kappa shape index (κ2) is 5.01. The summed E-state index contributed by atoms with van der Waals surface area (Å²) in [6.45, 7) is 0.500. The predicted octanol–water partition coefficient (Wildman–Crippen LogP) is 1.80. The van der Waals surface area contributed by atoms with E-state index in [9.17, 15) is 0 Å². The molecule has 0 saturated heterocycles. The highest BCUT2D eigenvalue weighted by atomic mass is 35.5. The quantitative estimate of drug-likeness (QED) is 0.896. The first-order chi connectivity index (χ1) is 8.15. The van der Waals surface area contributed by atoms with Gasteiger partial charge in [0, 0.05) is 14.1 Å². The average molecular weight is 254 g/mol. The molecular formula is C10H12ClN5O. The van der Waals surface area contributed by atoms with E-state index in [1.807, 2.05) is 26.2 Å². The Labute approximate surface area is 104 Å². The first kappa shape index (κ1) is 11.7. The van der Waals surface area contributed by atoms with E-state index in [0.29, 0.717) is 18.4 Å². The zero-order valence-electron chi connectivity index (χ0n) is 9.51. The molecular weight excluding hydrogens is 242 g/mol. The van der Waals surface area contributed by atoms with Crippen molar-refractivity contribution < 1.29 is 4.42 Å². The maximum absolute atomic E-state index is 5.80. The van der Waals surface area contributed by atoms with Crippen molar-refractivity contribution in [3.63, 3.8) is 0 Å². The van der Waals surface area contributed by atoms with Crippen LogP contribution in [0.2, 0.25) is 5.28 Å². The molecule has 0 fully saturated rings. The molecule has 7 heteroatoms. The van der Waals surface area contributed by atoms with Crippen LogP contribution in [0.5, 0.6) is 0 Å². The number of anilines is 2. The molecule has 0 amide bonds. The van der Waals surface area contributed by atoms with E-state index in [4.69, 9.17) is 16.0 Å². The van der Waals surface area contributed by atoms with E-state index in [1.54, 1.807) is 11.2 Å². The number of furan rings is 1. The van der Waals surface area contributed by atoms with Crippen LogP contribution in [0.1, 0.15) is 5.76 Å². The zero-order valence-corrected chi connectivity index (χ0v) is 10.3. The first-order valence-electron chi connectivity index (χ1n) is 5.00. The van der Waals surface area contributed by atoms with Gasteiger partial charge in [0.05, 0.1) is 12.8 Å². The second-order valence-electron chi connectivity index (χ2n) is 3.56. The summed E-state index contributed by atoms with van der Waals surface area (Å²) in [5, 5.41) is 3.17. The van der Waals surface area contributed by atoms with Crippen LogP contribution in [0.4, 0.5) is 11.9 Å². The van der Waals surface area contributed by atoms with E-state index in [2.05, 4.69) is 20.3 Å². The Kier molecular flexibility index (Phi) is 3.43. The Balaban J connectivity index is 2.10. The molecule has 0 radical (unpaired) electrons. The predicted molar refractivity (Wildman–Crippen MR) is 65.2 cm³/mol. The van der Waals surface area contributed by atoms with Gasteiger partial charge in [-0.1, -0.05) is 0 Å². The summed E-state index contributed by atoms with van der Waals surface area (Å²) in [5.41, 5.74) is 0. The highest BCUT2D eigenvalue weighted by Crippen LogP contribution is 2.12. The number of nitrogens with zero attached hydrogens (tertiary/aromatic N) is 4. The Morgan fingerprint density at radius 1 is 1.35 bits per heavy atom. The highest BCUT2D eigenvalue weighted by molar-refractivity contribution is 6.28. The summed E-state index contributed by atoms with van der Waals surface area (Å²) >= 11 is 5.80. The maximum atomic E-state index is 5.80. The van der Waals surface area contributed by atoms with Crippen LogP contribution in [0.15, 0.2) is 22.8 Å². The van der Waals surface area contributed by atoms with Gasteiger partial charge in [-0.3, -0.25) is 0 Å². The summed E-state index contributed by atoms with van der Waals surface area (Å²) in [7, 11) is 3.67. The lowest BCUT2D eigenvalue weighted by molar-refractivity contribution is 0.517. The minimum Gasteiger partial charge on any atom is -0.467 e. The van der Waals surface area contributed by atoms with Crippen LogP contribution in [-0.4, -0.2) is 29.0 Å². The summed E-state index contributed by atoms with van der Waals surface area (Å²) in [4.78, 5) is 13.9. The molecule has 0 aliphatic rings. The summed E-state index contributed by atoms with van der Waals surface area (Å²) < 4.78 is 5.19. The first-order valence-corrected chi connectivity index (χ1v) is 5.38. The lowest BCUT2D eigenvalue weighted by atomic mass is 10.4. The van der Waals surface area contributed by atoms with E-state index in [0.717, 1.165) is 5.76 Å². The summed E-state index contributed by atoms with van der Waals surface area (Å²) in [6, 6.07) is 3.69. The van der Waals surface area contributed by atoms with Gasteiger partial charge < -0.3 is 14.6 Å². The van der Waals surface area contributed by atoms with Crippen LogP contribution in [0.3, 0.4) is 0 Å². The van der Waals surface area contributed by atoms with Gasteiger partial charge in [0.15, 0.2) is 0 Å². The lowest BCUT2D eigenvalue weighted by Gasteiger charge is -2.11. The molecule has 2 rings (SSSR count). The third kappa shape index (κ3) is 3.07. The molecule has 0 saturated carbocycles. The van der Waals surface area contributed by atoms with Crippen LogP contribution in [-0.2, 0) is 6.54 Å². The molecule has 2 aromatic rings. The van der Waals surface area contributed by atoms with Crippen molar-refractivity contribution in [1.29, 1.82) is 0 Å². The molecule has 6 nitrogen and oxygen atoms in total.